The highest BCUT2D eigenvalue weighted by atomic mass is 16.1. The molecule has 1 aromatic heterocycles. The lowest BCUT2D eigenvalue weighted by Crippen LogP contribution is -2.30. The Bertz CT molecular complexity index is 870. The van der Waals surface area contributed by atoms with Crippen molar-refractivity contribution in [3.05, 3.63) is 83.7 Å². The summed E-state index contributed by atoms with van der Waals surface area (Å²) in [5, 5.41) is 7.46. The molecule has 0 fully saturated rings. The first-order valence-electron chi connectivity index (χ1n) is 8.76. The van der Waals surface area contributed by atoms with Gasteiger partial charge in [0, 0.05) is 18.3 Å². The van der Waals surface area contributed by atoms with Crippen LogP contribution in [0.5, 0.6) is 0 Å². The van der Waals surface area contributed by atoms with Gasteiger partial charge in [0.25, 0.3) is 0 Å². The van der Waals surface area contributed by atoms with Crippen LogP contribution >= 0.6 is 0 Å². The van der Waals surface area contributed by atoms with Crippen molar-refractivity contribution in [1.82, 2.24) is 15.1 Å². The van der Waals surface area contributed by atoms with Gasteiger partial charge in [-0.3, -0.25) is 4.79 Å². The quantitative estimate of drug-likeness (QED) is 0.794. The summed E-state index contributed by atoms with van der Waals surface area (Å²) >= 11 is 0. The minimum atomic E-state index is -0.0332. The number of aromatic nitrogens is 2. The van der Waals surface area contributed by atoms with E-state index in [0.717, 1.165) is 30.5 Å². The Balaban J connectivity index is 1.42. The van der Waals surface area contributed by atoms with Crippen molar-refractivity contribution in [2.45, 2.75) is 31.7 Å². The highest BCUT2D eigenvalue weighted by molar-refractivity contribution is 5.84. The summed E-state index contributed by atoms with van der Waals surface area (Å²) in [6.07, 6.45) is 6.84. The summed E-state index contributed by atoms with van der Waals surface area (Å²) in [4.78, 5) is 12.7. The summed E-state index contributed by atoms with van der Waals surface area (Å²) in [5.74, 6) is 0.0775. The van der Waals surface area contributed by atoms with E-state index in [1.54, 1.807) is 0 Å². The molecule has 1 heterocycles. The molecule has 0 aliphatic heterocycles. The third-order valence-electron chi connectivity index (χ3n) is 4.81. The molecule has 2 aromatic carbocycles. The summed E-state index contributed by atoms with van der Waals surface area (Å²) < 4.78 is 1.83. The van der Waals surface area contributed by atoms with Gasteiger partial charge in [-0.2, -0.15) is 5.10 Å². The maximum Gasteiger partial charge on any atom is 0.227 e. The lowest BCUT2D eigenvalue weighted by atomic mass is 9.82. The molecule has 4 rings (SSSR count). The molecule has 1 atom stereocenters. The highest BCUT2D eigenvalue weighted by Crippen LogP contribution is 2.31. The van der Waals surface area contributed by atoms with Crippen LogP contribution in [0.3, 0.4) is 0 Å². The summed E-state index contributed by atoms with van der Waals surface area (Å²) in [6, 6.07) is 18.3. The maximum atomic E-state index is 12.7. The van der Waals surface area contributed by atoms with Crippen LogP contribution in [-0.4, -0.2) is 15.7 Å². The van der Waals surface area contributed by atoms with E-state index in [1.165, 1.54) is 11.1 Å². The van der Waals surface area contributed by atoms with Gasteiger partial charge in [-0.25, -0.2) is 4.68 Å². The average molecular weight is 331 g/mol. The number of hydrogen-bond acceptors (Lipinski definition) is 2. The molecule has 25 heavy (non-hydrogen) atoms. The third-order valence-corrected chi connectivity index (χ3v) is 4.81. The number of carbonyl (C=O) groups is 1. The molecule has 0 radical (unpaired) electrons. The normalized spacial score (nSPS) is 16.2. The Morgan fingerprint density at radius 3 is 2.80 bits per heavy atom. The maximum absolute atomic E-state index is 12.7. The topological polar surface area (TPSA) is 46.9 Å². The van der Waals surface area contributed by atoms with E-state index in [2.05, 4.69) is 28.6 Å². The number of nitrogens with zero attached hydrogens (tertiary/aromatic N) is 2. The van der Waals surface area contributed by atoms with E-state index in [4.69, 9.17) is 0 Å². The summed E-state index contributed by atoms with van der Waals surface area (Å²) in [7, 11) is 0. The van der Waals surface area contributed by atoms with E-state index in [0.29, 0.717) is 6.54 Å². The van der Waals surface area contributed by atoms with Crippen LogP contribution in [0.4, 0.5) is 0 Å². The van der Waals surface area contributed by atoms with Gasteiger partial charge in [0.2, 0.25) is 5.91 Å². The fraction of sp³-hybridized carbons (Fsp3) is 0.238. The van der Waals surface area contributed by atoms with Crippen molar-refractivity contribution in [2.75, 3.05) is 0 Å². The van der Waals surface area contributed by atoms with E-state index in [9.17, 15) is 4.79 Å². The molecule has 4 nitrogen and oxygen atoms in total. The van der Waals surface area contributed by atoms with Gasteiger partial charge in [-0.1, -0.05) is 42.5 Å². The molecule has 1 aliphatic rings. The Labute approximate surface area is 147 Å². The van der Waals surface area contributed by atoms with Crippen LogP contribution in [0.15, 0.2) is 67.0 Å². The first kappa shape index (κ1) is 15.6. The summed E-state index contributed by atoms with van der Waals surface area (Å²) in [6.45, 7) is 0.504. The lowest BCUT2D eigenvalue weighted by Gasteiger charge is -2.24. The van der Waals surface area contributed by atoms with Gasteiger partial charge in [0.1, 0.15) is 0 Å². The number of para-hydroxylation sites is 1. The van der Waals surface area contributed by atoms with Gasteiger partial charge in [0.05, 0.1) is 17.8 Å². The van der Waals surface area contributed by atoms with Crippen molar-refractivity contribution in [1.29, 1.82) is 0 Å². The number of aryl methyl sites for hydroxylation is 1. The minimum absolute atomic E-state index is 0.0332. The second-order valence-electron chi connectivity index (χ2n) is 6.49. The fourth-order valence-electron chi connectivity index (χ4n) is 3.51. The number of hydrogen-bond donors (Lipinski definition) is 1. The Hall–Kier alpha value is -2.88. The van der Waals surface area contributed by atoms with Crippen LogP contribution in [-0.2, 0) is 17.8 Å². The number of rotatable bonds is 4. The van der Waals surface area contributed by atoms with Crippen LogP contribution < -0.4 is 5.32 Å². The summed E-state index contributed by atoms with van der Waals surface area (Å²) in [5.41, 5.74) is 4.51. The van der Waals surface area contributed by atoms with Crippen molar-refractivity contribution in [2.24, 2.45) is 0 Å². The monoisotopic (exact) mass is 331 g/mol. The molecule has 1 amide bonds. The predicted octanol–water partition coefficient (Wildman–Crippen LogP) is 3.61. The van der Waals surface area contributed by atoms with Crippen molar-refractivity contribution < 1.29 is 4.79 Å². The zero-order valence-electron chi connectivity index (χ0n) is 14.1. The molecule has 0 spiro atoms. The number of nitrogens with one attached hydrogen (secondary N) is 1. The zero-order chi connectivity index (χ0) is 17.1. The second kappa shape index (κ2) is 6.93. The molecule has 4 heteroatoms. The number of benzene rings is 2. The highest BCUT2D eigenvalue weighted by Gasteiger charge is 2.25. The number of carbonyl (C=O) groups excluding carboxylic acids is 1. The van der Waals surface area contributed by atoms with Gasteiger partial charge in [-0.05, 0) is 42.5 Å². The van der Waals surface area contributed by atoms with Crippen LogP contribution in [0.2, 0.25) is 0 Å². The molecule has 0 bridgehead atoms. The fourth-order valence-corrected chi connectivity index (χ4v) is 3.51. The number of fused-ring (bicyclic) bond motifs is 1. The van der Waals surface area contributed by atoms with Crippen LogP contribution in [0.25, 0.3) is 5.69 Å². The first-order chi connectivity index (χ1) is 12.3. The molecule has 1 N–H and O–H groups in total. The average Bonchev–Trinajstić information content (AvgIpc) is 3.15. The Morgan fingerprint density at radius 1 is 1.12 bits per heavy atom. The van der Waals surface area contributed by atoms with Crippen molar-refractivity contribution in [3.63, 3.8) is 0 Å². The number of amides is 1. The molecule has 1 unspecified atom stereocenters. The van der Waals surface area contributed by atoms with Gasteiger partial charge < -0.3 is 5.32 Å². The Morgan fingerprint density at radius 2 is 1.92 bits per heavy atom. The molecular formula is C21H21N3O. The molecule has 126 valence electrons. The minimum Gasteiger partial charge on any atom is -0.351 e. The first-order valence-corrected chi connectivity index (χ1v) is 8.76. The SMILES string of the molecule is O=C(NCc1cnn(-c2ccccc2)c1)C1CCCc2ccccc21. The van der Waals surface area contributed by atoms with E-state index in [1.807, 2.05) is 53.5 Å². The van der Waals surface area contributed by atoms with Gasteiger partial charge in [-0.15, -0.1) is 0 Å². The molecule has 3 aromatic rings. The molecule has 0 saturated heterocycles. The van der Waals surface area contributed by atoms with E-state index >= 15 is 0 Å². The van der Waals surface area contributed by atoms with E-state index in [-0.39, 0.29) is 11.8 Å². The van der Waals surface area contributed by atoms with Crippen molar-refractivity contribution >= 4 is 5.91 Å². The molecular weight excluding hydrogens is 310 g/mol. The van der Waals surface area contributed by atoms with Crippen molar-refractivity contribution in [3.8, 4) is 5.69 Å². The predicted molar refractivity (Wildman–Crippen MR) is 97.5 cm³/mol. The van der Waals surface area contributed by atoms with Gasteiger partial charge >= 0.3 is 0 Å². The molecule has 1 aliphatic carbocycles. The molecule has 0 saturated carbocycles. The van der Waals surface area contributed by atoms with Crippen LogP contribution in [0.1, 0.15) is 35.4 Å². The lowest BCUT2D eigenvalue weighted by molar-refractivity contribution is -0.123. The van der Waals surface area contributed by atoms with Crippen LogP contribution in [0, 0.1) is 0 Å². The zero-order valence-corrected chi connectivity index (χ0v) is 14.1. The largest absolute Gasteiger partial charge is 0.351 e. The van der Waals surface area contributed by atoms with Gasteiger partial charge in [0.15, 0.2) is 0 Å². The second-order valence-corrected chi connectivity index (χ2v) is 6.49. The smallest absolute Gasteiger partial charge is 0.227 e. The van der Waals surface area contributed by atoms with E-state index < -0.39 is 0 Å². The third kappa shape index (κ3) is 3.33. The Kier molecular flexibility index (Phi) is 4.34. The standard InChI is InChI=1S/C21H21N3O/c25-21(20-12-6-8-17-7-4-5-11-19(17)20)22-13-16-14-23-24(15-16)18-9-2-1-3-10-18/h1-5,7,9-11,14-15,20H,6,8,12-13H2,(H,22,25).